The van der Waals surface area contributed by atoms with E-state index in [0.29, 0.717) is 0 Å². The van der Waals surface area contributed by atoms with Gasteiger partial charge in [0, 0.05) is 0 Å². The van der Waals surface area contributed by atoms with E-state index in [0.717, 1.165) is 0 Å². The Morgan fingerprint density at radius 2 is 2.22 bits per heavy atom. The highest BCUT2D eigenvalue weighted by Gasteiger charge is 2.40. The maximum atomic E-state index is 11.1. The van der Waals surface area contributed by atoms with Crippen molar-refractivity contribution in [1.29, 1.82) is 0 Å². The molecule has 1 unspecified atom stereocenters. The largest absolute Gasteiger partial charge is 0.364 e. The predicted molar refractivity (Wildman–Crippen MR) is 33.8 cm³/mol. The fourth-order valence-electron chi connectivity index (χ4n) is 0.537. The molecule has 9 heavy (non-hydrogen) atoms. The SMILES string of the molecule is [2H]C1OCC(C)(C)S1(=O)=O. The topological polar surface area (TPSA) is 43.4 Å². The van der Waals surface area contributed by atoms with Gasteiger partial charge in [0.2, 0.25) is 0 Å². The van der Waals surface area contributed by atoms with Gasteiger partial charge < -0.3 is 4.74 Å². The number of hydrogen-bond donors (Lipinski definition) is 0. The lowest BCUT2D eigenvalue weighted by Crippen LogP contribution is -2.29. The van der Waals surface area contributed by atoms with Crippen LogP contribution >= 0.6 is 0 Å². The van der Waals surface area contributed by atoms with Crippen LogP contribution in [0.25, 0.3) is 0 Å². The van der Waals surface area contributed by atoms with Crippen LogP contribution in [0.2, 0.25) is 0 Å². The van der Waals surface area contributed by atoms with Crippen molar-refractivity contribution in [2.75, 3.05) is 12.5 Å². The lowest BCUT2D eigenvalue weighted by molar-refractivity contribution is 0.187. The Kier molecular flexibility index (Phi) is 1.07. The van der Waals surface area contributed by atoms with Crippen LogP contribution in [0, 0.1) is 0 Å². The summed E-state index contributed by atoms with van der Waals surface area (Å²) in [5, 5.41) is 0. The van der Waals surface area contributed by atoms with Crippen molar-refractivity contribution in [3.63, 3.8) is 0 Å². The van der Waals surface area contributed by atoms with E-state index in [2.05, 4.69) is 4.74 Å². The summed E-state index contributed by atoms with van der Waals surface area (Å²) in [5.41, 5.74) is 0. The monoisotopic (exact) mass is 151 g/mol. The normalized spacial score (nSPS) is 40.2. The maximum absolute atomic E-state index is 11.1. The summed E-state index contributed by atoms with van der Waals surface area (Å²) < 4.78 is 33.0. The molecule has 0 spiro atoms. The third kappa shape index (κ3) is 0.966. The summed E-state index contributed by atoms with van der Waals surface area (Å²) in [4.78, 5) is 0. The molecule has 1 atom stereocenters. The van der Waals surface area contributed by atoms with Gasteiger partial charge in [-0.3, -0.25) is 0 Å². The molecule has 0 aromatic rings. The van der Waals surface area contributed by atoms with Crippen LogP contribution in [-0.4, -0.2) is 25.7 Å². The first-order valence-electron chi connectivity index (χ1n) is 3.23. The van der Waals surface area contributed by atoms with Gasteiger partial charge in [0.1, 0.15) is 5.91 Å². The van der Waals surface area contributed by atoms with Crippen LogP contribution in [0.4, 0.5) is 0 Å². The number of rotatable bonds is 0. The second-order valence-corrected chi connectivity index (χ2v) is 5.10. The Bertz CT molecular complexity index is 231. The van der Waals surface area contributed by atoms with Gasteiger partial charge in [0.05, 0.1) is 12.7 Å². The Morgan fingerprint density at radius 3 is 2.33 bits per heavy atom. The Labute approximate surface area is 56.3 Å². The van der Waals surface area contributed by atoms with Crippen molar-refractivity contribution >= 4 is 9.84 Å². The minimum atomic E-state index is -3.36. The van der Waals surface area contributed by atoms with E-state index in [1.54, 1.807) is 13.8 Å². The van der Waals surface area contributed by atoms with Gasteiger partial charge in [-0.1, -0.05) is 0 Å². The van der Waals surface area contributed by atoms with Gasteiger partial charge in [0.25, 0.3) is 0 Å². The highest BCUT2D eigenvalue weighted by Crippen LogP contribution is 2.23. The van der Waals surface area contributed by atoms with Crippen LogP contribution in [-0.2, 0) is 14.6 Å². The molecule has 0 aliphatic carbocycles. The molecule has 0 saturated carbocycles. The molecule has 0 aromatic carbocycles. The van der Waals surface area contributed by atoms with Crippen molar-refractivity contribution in [2.24, 2.45) is 0 Å². The van der Waals surface area contributed by atoms with Gasteiger partial charge in [-0.25, -0.2) is 8.42 Å². The third-order valence-corrected chi connectivity index (χ3v) is 3.44. The van der Waals surface area contributed by atoms with Gasteiger partial charge >= 0.3 is 0 Å². The first-order chi connectivity index (χ1) is 4.38. The second-order valence-electron chi connectivity index (χ2n) is 2.71. The molecular weight excluding hydrogens is 140 g/mol. The van der Waals surface area contributed by atoms with E-state index >= 15 is 0 Å². The first kappa shape index (κ1) is 5.68. The van der Waals surface area contributed by atoms with Gasteiger partial charge in [0.15, 0.2) is 9.84 Å². The van der Waals surface area contributed by atoms with E-state index in [1.165, 1.54) is 0 Å². The molecule has 0 bridgehead atoms. The van der Waals surface area contributed by atoms with E-state index in [1.807, 2.05) is 0 Å². The number of hydrogen-bond acceptors (Lipinski definition) is 3. The van der Waals surface area contributed by atoms with E-state index < -0.39 is 20.5 Å². The average Bonchev–Trinajstić information content (AvgIpc) is 1.94. The zero-order valence-corrected chi connectivity index (χ0v) is 6.23. The molecule has 0 radical (unpaired) electrons. The van der Waals surface area contributed by atoms with Crippen LogP contribution < -0.4 is 0 Å². The predicted octanol–water partition coefficient (Wildman–Crippen LogP) is 0.168. The summed E-state index contributed by atoms with van der Waals surface area (Å²) in [6, 6.07) is 0. The summed E-state index contributed by atoms with van der Waals surface area (Å²) in [6.07, 6.45) is 0. The fraction of sp³-hybridized carbons (Fsp3) is 1.00. The minimum Gasteiger partial charge on any atom is -0.364 e. The van der Waals surface area contributed by atoms with Crippen molar-refractivity contribution in [1.82, 2.24) is 0 Å². The summed E-state index contributed by atoms with van der Waals surface area (Å²) in [6.45, 7) is 3.26. The molecule has 0 amide bonds. The van der Waals surface area contributed by atoms with Crippen molar-refractivity contribution < 1.29 is 14.5 Å². The Hall–Kier alpha value is -0.0900. The maximum Gasteiger partial charge on any atom is 0.181 e. The molecule has 1 fully saturated rings. The zero-order valence-electron chi connectivity index (χ0n) is 6.42. The quantitative estimate of drug-likeness (QED) is 0.495. The lowest BCUT2D eigenvalue weighted by Gasteiger charge is -2.11. The van der Waals surface area contributed by atoms with Crippen LogP contribution in [0.5, 0.6) is 0 Å². The number of sulfone groups is 1. The van der Waals surface area contributed by atoms with Crippen LogP contribution in [0.15, 0.2) is 0 Å². The van der Waals surface area contributed by atoms with Gasteiger partial charge in [-0.05, 0) is 13.8 Å². The molecule has 1 saturated heterocycles. The summed E-state index contributed by atoms with van der Waals surface area (Å²) in [7, 11) is -3.36. The molecule has 1 aliphatic rings. The zero-order chi connectivity index (χ0) is 7.99. The van der Waals surface area contributed by atoms with Crippen LogP contribution in [0.1, 0.15) is 15.2 Å². The molecule has 1 heterocycles. The minimum absolute atomic E-state index is 0.128. The first-order valence-corrected chi connectivity index (χ1v) is 4.20. The van der Waals surface area contributed by atoms with Gasteiger partial charge in [-0.2, -0.15) is 0 Å². The highest BCUT2D eigenvalue weighted by atomic mass is 32.2. The molecule has 1 rings (SSSR count). The van der Waals surface area contributed by atoms with Crippen LogP contribution in [0.3, 0.4) is 0 Å². The fourth-order valence-corrected chi connectivity index (χ4v) is 1.28. The molecule has 1 aliphatic heterocycles. The van der Waals surface area contributed by atoms with E-state index in [9.17, 15) is 8.42 Å². The van der Waals surface area contributed by atoms with E-state index in [4.69, 9.17) is 1.37 Å². The van der Waals surface area contributed by atoms with Crippen molar-refractivity contribution in [2.45, 2.75) is 18.6 Å². The Balaban J connectivity index is 3.09. The average molecular weight is 151 g/mol. The molecule has 0 N–H and O–H groups in total. The Morgan fingerprint density at radius 1 is 1.67 bits per heavy atom. The standard InChI is InChI=1S/C5H10O3S/c1-5(2)3-8-4-9(5,6)7/h3-4H2,1-2H3/i4D. The molecule has 54 valence electrons. The smallest absolute Gasteiger partial charge is 0.181 e. The molecule has 4 heteroatoms. The van der Waals surface area contributed by atoms with Crippen molar-refractivity contribution in [3.05, 3.63) is 0 Å². The summed E-state index contributed by atoms with van der Waals surface area (Å²) >= 11 is 0. The summed E-state index contributed by atoms with van der Waals surface area (Å²) in [5.74, 6) is -1.37. The molecule has 0 aromatic heterocycles. The third-order valence-electron chi connectivity index (χ3n) is 1.40. The highest BCUT2D eigenvalue weighted by molar-refractivity contribution is 7.92. The van der Waals surface area contributed by atoms with Crippen molar-refractivity contribution in [3.8, 4) is 0 Å². The molecule has 3 nitrogen and oxygen atoms in total. The lowest BCUT2D eigenvalue weighted by atomic mass is 10.2. The van der Waals surface area contributed by atoms with E-state index in [-0.39, 0.29) is 6.61 Å². The second kappa shape index (κ2) is 1.70. The van der Waals surface area contributed by atoms with Gasteiger partial charge in [-0.15, -0.1) is 0 Å². The number of ether oxygens (including phenoxy) is 1. The molecular formula is C5H10O3S.